The number of nitrogens with one attached hydrogen (secondary N) is 5. The van der Waals surface area contributed by atoms with Gasteiger partial charge in [-0.05, 0) is 109 Å². The van der Waals surface area contributed by atoms with Crippen molar-refractivity contribution in [2.24, 2.45) is 50.3 Å². The van der Waals surface area contributed by atoms with Gasteiger partial charge in [-0.1, -0.05) is 50.3 Å². The molecule has 0 saturated heterocycles. The number of unbranched alkanes of at least 4 members (excludes halogenated alkanes) is 1. The molecule has 0 heterocycles. The Morgan fingerprint density at radius 1 is 0.662 bits per heavy atom. The summed E-state index contributed by atoms with van der Waals surface area (Å²) in [5.41, 5.74) is 34.7. The fraction of sp³-hybridized carbons (Fsp3) is 0.535. The van der Waals surface area contributed by atoms with E-state index in [9.17, 15) is 38.3 Å². The molecule has 22 heteroatoms. The van der Waals surface area contributed by atoms with Crippen LogP contribution in [0.5, 0.6) is 5.75 Å². The van der Waals surface area contributed by atoms with Gasteiger partial charge < -0.3 is 66.1 Å². The van der Waals surface area contributed by atoms with E-state index in [-0.39, 0.29) is 75.2 Å². The lowest BCUT2D eigenvalue weighted by Gasteiger charge is -2.30. The van der Waals surface area contributed by atoms with Crippen LogP contribution < -0.4 is 61.0 Å². The van der Waals surface area contributed by atoms with Crippen molar-refractivity contribution < 1.29 is 38.3 Å². The first-order valence-corrected chi connectivity index (χ1v) is 22.8. The number of phenols is 1. The molecule has 3 rings (SSSR count). The molecule has 1 saturated carbocycles. The smallest absolute Gasteiger partial charge is 0.243 e. The summed E-state index contributed by atoms with van der Waals surface area (Å²) in [6.45, 7) is 1.80. The number of carbonyl (C=O) groups is 6. The minimum atomic E-state index is -1.27. The zero-order valence-electron chi connectivity index (χ0n) is 36.7. The number of benzene rings is 2. The number of hydrogen-bond donors (Lipinski definition) is 12. The van der Waals surface area contributed by atoms with Crippen molar-refractivity contribution in [3.05, 3.63) is 63.0 Å². The molecule has 2 aromatic rings. The molecule has 1 aliphatic rings. The Bertz CT molecular complexity index is 1970. The van der Waals surface area contributed by atoms with Crippen molar-refractivity contribution in [2.45, 2.75) is 127 Å². The highest BCUT2D eigenvalue weighted by Crippen LogP contribution is 2.28. The largest absolute Gasteiger partial charge is 0.507 e. The number of carbonyl (C=O) groups excluding carboxylic acids is 6. The summed E-state index contributed by atoms with van der Waals surface area (Å²) in [5.74, 6) is -5.02. The second kappa shape index (κ2) is 27.5. The van der Waals surface area contributed by atoms with E-state index in [2.05, 4.69) is 36.6 Å². The minimum absolute atomic E-state index is 0.00114. The normalized spacial score (nSPS) is 15.4. The van der Waals surface area contributed by atoms with Crippen LogP contribution in [0.3, 0.4) is 0 Å². The van der Waals surface area contributed by atoms with Crippen molar-refractivity contribution in [2.75, 3.05) is 13.1 Å². The summed E-state index contributed by atoms with van der Waals surface area (Å²) < 4.78 is 14.3. The molecule has 0 aromatic heterocycles. The number of nitrogens with two attached hydrogens (primary N) is 6. The van der Waals surface area contributed by atoms with E-state index in [4.69, 9.17) is 34.4 Å². The van der Waals surface area contributed by atoms with Crippen LogP contribution >= 0.6 is 22.6 Å². The van der Waals surface area contributed by atoms with Gasteiger partial charge in [-0.15, -0.1) is 0 Å². The second-order valence-electron chi connectivity index (χ2n) is 16.3. The van der Waals surface area contributed by atoms with E-state index >= 15 is 0 Å². The van der Waals surface area contributed by atoms with Gasteiger partial charge in [0.2, 0.25) is 35.4 Å². The van der Waals surface area contributed by atoms with Crippen LogP contribution in [0.1, 0.15) is 88.7 Å². The number of halogens is 2. The molecule has 6 atom stereocenters. The third-order valence-corrected chi connectivity index (χ3v) is 11.7. The highest BCUT2D eigenvalue weighted by molar-refractivity contribution is 14.1. The minimum Gasteiger partial charge on any atom is -0.507 e. The third kappa shape index (κ3) is 19.9. The van der Waals surface area contributed by atoms with E-state index in [1.165, 1.54) is 37.3 Å². The molecule has 0 radical (unpaired) electrons. The molecule has 0 bridgehead atoms. The number of amides is 6. The molecule has 6 amide bonds. The summed E-state index contributed by atoms with van der Waals surface area (Å²) in [5, 5.41) is 23.6. The Labute approximate surface area is 392 Å². The lowest BCUT2D eigenvalue weighted by molar-refractivity contribution is -0.135. The number of aromatic hydroxyl groups is 1. The Kier molecular flexibility index (Phi) is 22.7. The summed E-state index contributed by atoms with van der Waals surface area (Å²) in [7, 11) is 0. The molecule has 1 unspecified atom stereocenters. The van der Waals surface area contributed by atoms with E-state index in [1.54, 1.807) is 12.1 Å². The van der Waals surface area contributed by atoms with E-state index in [0.717, 1.165) is 32.1 Å². The Hall–Kier alpha value is -5.78. The standard InChI is InChI=1S/C43H65FIN13O7/c1-24(46)37(61)57-33(22-26-12-15-28(44)16-13-26)40(64)55-31(11-7-19-53-43(50)51)39(63)58-34(21-25-8-3-2-4-9-25)41(65)54-30(10-5-6-18-52-42(48)49)38(62)56-32(36(47)60)23-27-14-17-35(59)29(45)20-27/h12-17,20,24-25,30-34,59H,2-11,18-19,21-23,46H2,1H3,(H2,47,60)(H,54,65)(H,55,64)(H,56,62)(H,57,61)(H,58,63)(H4,48,49,52)(H4,50,51,53)/t24-,30-,31-,32?,33-,34-/m0/s1. The van der Waals surface area contributed by atoms with Gasteiger partial charge in [0.05, 0.1) is 9.61 Å². The van der Waals surface area contributed by atoms with Crippen molar-refractivity contribution >= 4 is 70.0 Å². The molecule has 358 valence electrons. The highest BCUT2D eigenvalue weighted by Gasteiger charge is 2.34. The zero-order chi connectivity index (χ0) is 48.1. The summed E-state index contributed by atoms with van der Waals surface area (Å²) in [4.78, 5) is 90.1. The molecule has 65 heavy (non-hydrogen) atoms. The summed E-state index contributed by atoms with van der Waals surface area (Å²) >= 11 is 1.94. The van der Waals surface area contributed by atoms with Gasteiger partial charge in [0.1, 0.15) is 41.8 Å². The van der Waals surface area contributed by atoms with Gasteiger partial charge in [-0.2, -0.15) is 0 Å². The quantitative estimate of drug-likeness (QED) is 0.0249. The van der Waals surface area contributed by atoms with Crippen molar-refractivity contribution in [1.82, 2.24) is 26.6 Å². The van der Waals surface area contributed by atoms with Crippen molar-refractivity contribution in [3.8, 4) is 5.75 Å². The number of aliphatic imine (C=N–C) groups is 2. The van der Waals surface area contributed by atoms with Gasteiger partial charge in [0.15, 0.2) is 11.9 Å². The van der Waals surface area contributed by atoms with Crippen molar-refractivity contribution in [1.29, 1.82) is 0 Å². The highest BCUT2D eigenvalue weighted by atomic mass is 127. The van der Waals surface area contributed by atoms with Crippen LogP contribution in [-0.4, -0.2) is 102 Å². The maximum atomic E-state index is 14.4. The van der Waals surface area contributed by atoms with Crippen LogP contribution in [0.2, 0.25) is 0 Å². The number of primary amides is 1. The van der Waals surface area contributed by atoms with E-state index in [0.29, 0.717) is 27.5 Å². The SMILES string of the molecule is C[C@H](N)C(=O)N[C@@H](Cc1ccc(F)cc1)C(=O)N[C@@H](CCCN=C(N)N)C(=O)N[C@@H](CC1CCCCC1)C(=O)N[C@@H](CCCCN=C(N)N)C(=O)NC(Cc1ccc(O)c(I)c1)C(N)=O. The molecule has 0 aliphatic heterocycles. The molecule has 1 aliphatic carbocycles. The Balaban J connectivity index is 1.93. The Morgan fingerprint density at radius 2 is 1.14 bits per heavy atom. The van der Waals surface area contributed by atoms with Gasteiger partial charge in [-0.25, -0.2) is 4.39 Å². The fourth-order valence-electron chi connectivity index (χ4n) is 7.29. The summed E-state index contributed by atoms with van der Waals surface area (Å²) in [6, 6.07) is 3.00. The molecule has 0 spiro atoms. The van der Waals surface area contributed by atoms with Crippen LogP contribution in [0, 0.1) is 15.3 Å². The Morgan fingerprint density at radius 3 is 1.69 bits per heavy atom. The number of nitrogens with zero attached hydrogens (tertiary/aromatic N) is 2. The van der Waals surface area contributed by atoms with Crippen LogP contribution in [0.15, 0.2) is 52.4 Å². The number of hydrogen-bond acceptors (Lipinski definition) is 10. The first-order chi connectivity index (χ1) is 30.8. The van der Waals surface area contributed by atoms with E-state index < -0.39 is 77.5 Å². The maximum absolute atomic E-state index is 14.4. The van der Waals surface area contributed by atoms with Crippen molar-refractivity contribution in [3.63, 3.8) is 0 Å². The predicted octanol–water partition coefficient (Wildman–Crippen LogP) is -0.355. The lowest BCUT2D eigenvalue weighted by atomic mass is 9.84. The number of guanidine groups is 2. The topological polar surface area (TPSA) is 364 Å². The fourth-order valence-corrected chi connectivity index (χ4v) is 7.87. The molecule has 20 nitrogen and oxygen atoms in total. The predicted molar refractivity (Wildman–Crippen MR) is 253 cm³/mol. The molecular formula is C43H65FIN13O7. The molecular weight excluding hydrogens is 956 g/mol. The monoisotopic (exact) mass is 1020 g/mol. The summed E-state index contributed by atoms with van der Waals surface area (Å²) in [6.07, 6.45) is 5.75. The average molecular weight is 1020 g/mol. The molecule has 18 N–H and O–H groups in total. The molecule has 1 fully saturated rings. The second-order valence-corrected chi connectivity index (χ2v) is 17.5. The van der Waals surface area contributed by atoms with Gasteiger partial charge in [0, 0.05) is 25.9 Å². The average Bonchev–Trinajstić information content (AvgIpc) is 3.25. The maximum Gasteiger partial charge on any atom is 0.243 e. The van der Waals surface area contributed by atoms with Crippen LogP contribution in [0.25, 0.3) is 0 Å². The van der Waals surface area contributed by atoms with Gasteiger partial charge >= 0.3 is 0 Å². The lowest BCUT2D eigenvalue weighted by Crippen LogP contribution is -2.60. The zero-order valence-corrected chi connectivity index (χ0v) is 38.9. The van der Waals surface area contributed by atoms with Gasteiger partial charge in [-0.3, -0.25) is 38.8 Å². The van der Waals surface area contributed by atoms with E-state index in [1.807, 2.05) is 22.6 Å². The van der Waals surface area contributed by atoms with Crippen LogP contribution in [0.4, 0.5) is 4.39 Å². The number of phenolic OH excluding ortho intramolecular Hbond substituents is 1. The van der Waals surface area contributed by atoms with Crippen LogP contribution in [-0.2, 0) is 41.6 Å². The molecule has 2 aromatic carbocycles. The van der Waals surface area contributed by atoms with Gasteiger partial charge in [0.25, 0.3) is 0 Å². The first kappa shape index (κ1) is 53.6. The first-order valence-electron chi connectivity index (χ1n) is 21.7. The number of rotatable bonds is 26. The third-order valence-electron chi connectivity index (χ3n) is 10.8.